The summed E-state index contributed by atoms with van der Waals surface area (Å²) < 4.78 is 13.3. The molecule has 18 heavy (non-hydrogen) atoms. The number of nitrogens with zero attached hydrogens (tertiary/aromatic N) is 2. The third kappa shape index (κ3) is 2.28. The number of fused-ring (bicyclic) bond motifs is 1. The highest BCUT2D eigenvalue weighted by Gasteiger charge is 2.33. The zero-order valence-corrected chi connectivity index (χ0v) is 10.8. The van der Waals surface area contributed by atoms with Crippen molar-refractivity contribution in [3.8, 4) is 0 Å². The molecule has 0 amide bonds. The van der Waals surface area contributed by atoms with Crippen LogP contribution < -0.4 is 5.32 Å². The molecule has 3 rings (SSSR count). The number of likely N-dealkylation sites (N-methyl/N-ethyl adjacent to an activating group) is 1. The Balaban J connectivity index is 1.80. The fourth-order valence-corrected chi connectivity index (χ4v) is 3.12. The van der Waals surface area contributed by atoms with Crippen molar-refractivity contribution in [2.75, 3.05) is 39.8 Å². The summed E-state index contributed by atoms with van der Waals surface area (Å²) in [4.78, 5) is 4.88. The maximum absolute atomic E-state index is 13.3. The van der Waals surface area contributed by atoms with Gasteiger partial charge >= 0.3 is 0 Å². The predicted molar refractivity (Wildman–Crippen MR) is 70.0 cm³/mol. The zero-order valence-electron chi connectivity index (χ0n) is 10.8. The molecule has 3 nitrogen and oxygen atoms in total. The molecule has 1 aromatic carbocycles. The molecule has 1 N–H and O–H groups in total. The van der Waals surface area contributed by atoms with Gasteiger partial charge in [-0.2, -0.15) is 0 Å². The van der Waals surface area contributed by atoms with E-state index in [0.717, 1.165) is 38.3 Å². The minimum absolute atomic E-state index is 0.136. The molecule has 2 atom stereocenters. The molecule has 2 fully saturated rings. The SMILES string of the molecule is CN1CC2CNCCN2CC1c1cccc(F)c1. The Kier molecular flexibility index (Phi) is 3.33. The van der Waals surface area contributed by atoms with Crippen molar-refractivity contribution in [3.05, 3.63) is 35.6 Å². The van der Waals surface area contributed by atoms with Crippen LogP contribution in [0.4, 0.5) is 4.39 Å². The number of halogens is 1. The van der Waals surface area contributed by atoms with Gasteiger partial charge in [0, 0.05) is 44.8 Å². The quantitative estimate of drug-likeness (QED) is 0.803. The highest BCUT2D eigenvalue weighted by Crippen LogP contribution is 2.27. The summed E-state index contributed by atoms with van der Waals surface area (Å²) in [6.07, 6.45) is 0. The van der Waals surface area contributed by atoms with Gasteiger partial charge in [-0.1, -0.05) is 12.1 Å². The summed E-state index contributed by atoms with van der Waals surface area (Å²) in [6, 6.07) is 7.95. The van der Waals surface area contributed by atoms with E-state index in [1.165, 1.54) is 6.07 Å². The lowest BCUT2D eigenvalue weighted by Gasteiger charge is -2.47. The van der Waals surface area contributed by atoms with Gasteiger partial charge in [0.2, 0.25) is 0 Å². The molecule has 0 spiro atoms. The van der Waals surface area contributed by atoms with Crippen LogP contribution in [0.2, 0.25) is 0 Å². The molecule has 0 saturated carbocycles. The summed E-state index contributed by atoms with van der Waals surface area (Å²) in [7, 11) is 2.14. The molecular formula is C14H20FN3. The van der Waals surface area contributed by atoms with Crippen LogP contribution in [0, 0.1) is 5.82 Å². The van der Waals surface area contributed by atoms with E-state index in [4.69, 9.17) is 0 Å². The molecule has 0 bridgehead atoms. The predicted octanol–water partition coefficient (Wildman–Crippen LogP) is 1.09. The molecule has 1 aromatic rings. The van der Waals surface area contributed by atoms with Gasteiger partial charge in [0.1, 0.15) is 5.82 Å². The van der Waals surface area contributed by atoms with Crippen LogP contribution in [0.25, 0.3) is 0 Å². The van der Waals surface area contributed by atoms with Crippen LogP contribution in [0.15, 0.2) is 24.3 Å². The molecule has 98 valence electrons. The fourth-order valence-electron chi connectivity index (χ4n) is 3.12. The number of piperazine rings is 2. The summed E-state index contributed by atoms with van der Waals surface area (Å²) >= 11 is 0. The molecule has 2 aliphatic rings. The van der Waals surface area contributed by atoms with Crippen LogP contribution in [0.3, 0.4) is 0 Å². The normalized spacial score (nSPS) is 30.1. The third-order valence-electron chi connectivity index (χ3n) is 4.14. The van der Waals surface area contributed by atoms with E-state index in [2.05, 4.69) is 22.2 Å². The van der Waals surface area contributed by atoms with Crippen LogP contribution in [0.1, 0.15) is 11.6 Å². The second kappa shape index (κ2) is 4.96. The first-order valence-electron chi connectivity index (χ1n) is 6.64. The smallest absolute Gasteiger partial charge is 0.123 e. The van der Waals surface area contributed by atoms with E-state index >= 15 is 0 Å². The van der Waals surface area contributed by atoms with E-state index < -0.39 is 0 Å². The molecule has 2 aliphatic heterocycles. The molecule has 2 saturated heterocycles. The molecule has 0 aliphatic carbocycles. The first-order chi connectivity index (χ1) is 8.74. The van der Waals surface area contributed by atoms with Crippen molar-refractivity contribution in [1.82, 2.24) is 15.1 Å². The molecular weight excluding hydrogens is 229 g/mol. The lowest BCUT2D eigenvalue weighted by molar-refractivity contribution is 0.0299. The van der Waals surface area contributed by atoms with E-state index in [9.17, 15) is 4.39 Å². The average Bonchev–Trinajstić information content (AvgIpc) is 2.38. The van der Waals surface area contributed by atoms with Crippen molar-refractivity contribution < 1.29 is 4.39 Å². The Morgan fingerprint density at radius 2 is 2.22 bits per heavy atom. The topological polar surface area (TPSA) is 18.5 Å². The lowest BCUT2D eigenvalue weighted by Crippen LogP contribution is -2.61. The van der Waals surface area contributed by atoms with Crippen molar-refractivity contribution in [2.45, 2.75) is 12.1 Å². The minimum atomic E-state index is -0.136. The third-order valence-corrected chi connectivity index (χ3v) is 4.14. The maximum atomic E-state index is 13.3. The summed E-state index contributed by atoms with van der Waals surface area (Å²) in [5.41, 5.74) is 1.09. The number of rotatable bonds is 1. The standard InChI is InChI=1S/C14H20FN3/c1-17-9-13-8-16-5-6-18(13)10-14(17)11-3-2-4-12(15)7-11/h2-4,7,13-14,16H,5-6,8-10H2,1H3. The number of nitrogens with one attached hydrogen (secondary N) is 1. The summed E-state index contributed by atoms with van der Waals surface area (Å²) in [5.74, 6) is -0.136. The first kappa shape index (κ1) is 12.1. The van der Waals surface area contributed by atoms with Crippen molar-refractivity contribution >= 4 is 0 Å². The Morgan fingerprint density at radius 1 is 1.33 bits per heavy atom. The molecule has 0 radical (unpaired) electrons. The fraction of sp³-hybridized carbons (Fsp3) is 0.571. The van der Waals surface area contributed by atoms with Crippen LogP contribution >= 0.6 is 0 Å². The molecule has 0 aromatic heterocycles. The highest BCUT2D eigenvalue weighted by molar-refractivity contribution is 5.21. The molecule has 4 heteroatoms. The van der Waals surface area contributed by atoms with Crippen molar-refractivity contribution in [2.24, 2.45) is 0 Å². The van der Waals surface area contributed by atoms with Gasteiger partial charge in [-0.25, -0.2) is 4.39 Å². The van der Waals surface area contributed by atoms with Gasteiger partial charge in [0.05, 0.1) is 0 Å². The average molecular weight is 249 g/mol. The van der Waals surface area contributed by atoms with E-state index in [1.807, 2.05) is 12.1 Å². The summed E-state index contributed by atoms with van der Waals surface area (Å²) in [6.45, 7) is 5.29. The summed E-state index contributed by atoms with van der Waals surface area (Å²) in [5, 5.41) is 3.44. The monoisotopic (exact) mass is 249 g/mol. The van der Waals surface area contributed by atoms with Gasteiger partial charge < -0.3 is 5.32 Å². The van der Waals surface area contributed by atoms with Gasteiger partial charge in [-0.15, -0.1) is 0 Å². The van der Waals surface area contributed by atoms with Gasteiger partial charge in [0.25, 0.3) is 0 Å². The first-order valence-corrected chi connectivity index (χ1v) is 6.64. The van der Waals surface area contributed by atoms with Crippen LogP contribution in [-0.2, 0) is 0 Å². The Labute approximate surface area is 108 Å². The number of benzene rings is 1. The van der Waals surface area contributed by atoms with E-state index in [1.54, 1.807) is 6.07 Å². The highest BCUT2D eigenvalue weighted by atomic mass is 19.1. The zero-order chi connectivity index (χ0) is 12.5. The Morgan fingerprint density at radius 3 is 3.06 bits per heavy atom. The van der Waals surface area contributed by atoms with Crippen LogP contribution in [-0.4, -0.2) is 55.6 Å². The van der Waals surface area contributed by atoms with E-state index in [0.29, 0.717) is 12.1 Å². The second-order valence-corrected chi connectivity index (χ2v) is 5.36. The van der Waals surface area contributed by atoms with Crippen LogP contribution in [0.5, 0.6) is 0 Å². The maximum Gasteiger partial charge on any atom is 0.123 e. The van der Waals surface area contributed by atoms with Gasteiger partial charge in [0.15, 0.2) is 0 Å². The number of hydrogen-bond acceptors (Lipinski definition) is 3. The Hall–Kier alpha value is -0.970. The number of hydrogen-bond donors (Lipinski definition) is 1. The van der Waals surface area contributed by atoms with Gasteiger partial charge in [-0.05, 0) is 24.7 Å². The molecule has 2 unspecified atom stereocenters. The lowest BCUT2D eigenvalue weighted by atomic mass is 9.99. The second-order valence-electron chi connectivity index (χ2n) is 5.36. The van der Waals surface area contributed by atoms with E-state index in [-0.39, 0.29) is 5.82 Å². The largest absolute Gasteiger partial charge is 0.314 e. The minimum Gasteiger partial charge on any atom is -0.314 e. The van der Waals surface area contributed by atoms with Crippen molar-refractivity contribution in [1.29, 1.82) is 0 Å². The van der Waals surface area contributed by atoms with Gasteiger partial charge in [-0.3, -0.25) is 9.80 Å². The van der Waals surface area contributed by atoms with Crippen molar-refractivity contribution in [3.63, 3.8) is 0 Å². The molecule has 2 heterocycles. The Bertz CT molecular complexity index is 423.